The quantitative estimate of drug-likeness (QED) is 0.814. The van der Waals surface area contributed by atoms with Crippen molar-refractivity contribution < 1.29 is 17.6 Å². The number of alkyl halides is 3. The van der Waals surface area contributed by atoms with Crippen LogP contribution in [0.25, 0.3) is 0 Å². The van der Waals surface area contributed by atoms with Crippen LogP contribution in [0, 0.1) is 11.7 Å². The number of benzene rings is 1. The largest absolute Gasteiger partial charge is 0.419 e. The molecule has 0 aromatic heterocycles. The molecule has 1 rings (SSSR count). The molecule has 2 unspecified atom stereocenters. The van der Waals surface area contributed by atoms with Crippen LogP contribution in [0.15, 0.2) is 18.2 Å². The Balaban J connectivity index is 3.13. The average Bonchev–Trinajstić information content (AvgIpc) is 2.26. The first kappa shape index (κ1) is 14.0. The van der Waals surface area contributed by atoms with Gasteiger partial charge in [-0.25, -0.2) is 4.39 Å². The summed E-state index contributed by atoms with van der Waals surface area (Å²) >= 11 is 0. The van der Waals surface area contributed by atoms with Crippen molar-refractivity contribution in [3.05, 3.63) is 35.1 Å². The van der Waals surface area contributed by atoms with E-state index in [1.54, 1.807) is 6.92 Å². The summed E-state index contributed by atoms with van der Waals surface area (Å²) < 4.78 is 50.6. The normalized spacial score (nSPS) is 15.7. The maximum absolute atomic E-state index is 13.1. The second kappa shape index (κ2) is 5.04. The first-order valence-corrected chi connectivity index (χ1v) is 5.34. The van der Waals surface area contributed by atoms with Gasteiger partial charge in [0.25, 0.3) is 0 Å². The van der Waals surface area contributed by atoms with Gasteiger partial charge in [-0.2, -0.15) is 13.2 Å². The fourth-order valence-corrected chi connectivity index (χ4v) is 1.58. The van der Waals surface area contributed by atoms with Crippen LogP contribution in [0.3, 0.4) is 0 Å². The molecule has 17 heavy (non-hydrogen) atoms. The van der Waals surface area contributed by atoms with E-state index in [0.29, 0.717) is 12.1 Å². The minimum Gasteiger partial charge on any atom is -0.330 e. The van der Waals surface area contributed by atoms with Gasteiger partial charge in [0.2, 0.25) is 0 Å². The van der Waals surface area contributed by atoms with Crippen LogP contribution in [0.4, 0.5) is 17.6 Å². The maximum Gasteiger partial charge on any atom is 0.419 e. The molecule has 1 aromatic rings. The smallest absolute Gasteiger partial charge is 0.330 e. The molecule has 0 bridgehead atoms. The van der Waals surface area contributed by atoms with Gasteiger partial charge >= 0.3 is 6.18 Å². The lowest BCUT2D eigenvalue weighted by molar-refractivity contribution is -0.140. The highest BCUT2D eigenvalue weighted by Gasteiger charge is 2.34. The van der Waals surface area contributed by atoms with Crippen LogP contribution in [0.1, 0.15) is 30.9 Å². The third-order valence-corrected chi connectivity index (χ3v) is 3.05. The molecule has 0 aliphatic heterocycles. The molecule has 5 heteroatoms. The number of nitrogens with two attached hydrogens (primary N) is 1. The van der Waals surface area contributed by atoms with Crippen molar-refractivity contribution in [2.24, 2.45) is 11.7 Å². The number of rotatable bonds is 3. The second-order valence-corrected chi connectivity index (χ2v) is 4.24. The van der Waals surface area contributed by atoms with E-state index in [1.165, 1.54) is 6.07 Å². The van der Waals surface area contributed by atoms with Crippen molar-refractivity contribution in [2.45, 2.75) is 25.9 Å². The zero-order chi connectivity index (χ0) is 13.2. The lowest BCUT2D eigenvalue weighted by Gasteiger charge is -2.20. The van der Waals surface area contributed by atoms with E-state index in [0.717, 1.165) is 12.1 Å². The molecule has 0 saturated carbocycles. The number of hydrogen-bond donors (Lipinski definition) is 1. The van der Waals surface area contributed by atoms with Crippen molar-refractivity contribution in [1.29, 1.82) is 0 Å². The molecule has 2 atom stereocenters. The minimum absolute atomic E-state index is 0.0431. The molecule has 0 saturated heterocycles. The van der Waals surface area contributed by atoms with Crippen LogP contribution in [-0.2, 0) is 6.18 Å². The Hall–Kier alpha value is -1.10. The first-order valence-electron chi connectivity index (χ1n) is 5.34. The Labute approximate surface area is 97.6 Å². The summed E-state index contributed by atoms with van der Waals surface area (Å²) in [5.74, 6) is -1.34. The minimum atomic E-state index is -4.66. The molecule has 2 N–H and O–H groups in total. The molecular formula is C12H15F4N. The SMILES string of the molecule is CC(CN)C(C)c1ccc(F)c(C(F)(F)F)c1. The van der Waals surface area contributed by atoms with Gasteiger partial charge in [-0.1, -0.05) is 19.9 Å². The standard InChI is InChI=1S/C12H15F4N/c1-7(6-17)8(2)9-3-4-11(13)10(5-9)12(14,15)16/h3-5,7-8H,6,17H2,1-2H3. The van der Waals surface area contributed by atoms with Crippen molar-refractivity contribution in [2.75, 3.05) is 6.54 Å². The fraction of sp³-hybridized carbons (Fsp3) is 0.500. The molecule has 0 aliphatic rings. The Morgan fingerprint density at radius 2 is 1.82 bits per heavy atom. The summed E-state index contributed by atoms with van der Waals surface area (Å²) in [4.78, 5) is 0. The molecule has 0 aliphatic carbocycles. The Morgan fingerprint density at radius 1 is 1.24 bits per heavy atom. The monoisotopic (exact) mass is 249 g/mol. The van der Waals surface area contributed by atoms with E-state index >= 15 is 0 Å². The highest BCUT2D eigenvalue weighted by atomic mass is 19.4. The summed E-state index contributed by atoms with van der Waals surface area (Å²) in [7, 11) is 0. The van der Waals surface area contributed by atoms with Gasteiger partial charge < -0.3 is 5.73 Å². The van der Waals surface area contributed by atoms with Crippen LogP contribution in [0.2, 0.25) is 0 Å². The van der Waals surface area contributed by atoms with Gasteiger partial charge in [0, 0.05) is 0 Å². The van der Waals surface area contributed by atoms with Crippen molar-refractivity contribution in [3.8, 4) is 0 Å². The molecule has 0 fully saturated rings. The summed E-state index contributed by atoms with van der Waals surface area (Å²) in [6.45, 7) is 4.01. The van der Waals surface area contributed by atoms with E-state index in [-0.39, 0.29) is 11.8 Å². The summed E-state index contributed by atoms with van der Waals surface area (Å²) in [5, 5.41) is 0. The lowest BCUT2D eigenvalue weighted by Crippen LogP contribution is -2.18. The molecule has 0 heterocycles. The summed E-state index contributed by atoms with van der Waals surface area (Å²) in [6, 6.07) is 3.10. The van der Waals surface area contributed by atoms with Gasteiger partial charge in [0.15, 0.2) is 0 Å². The first-order chi connectivity index (χ1) is 7.77. The highest BCUT2D eigenvalue weighted by Crippen LogP contribution is 2.34. The molecule has 0 radical (unpaired) electrons. The predicted molar refractivity (Wildman–Crippen MR) is 58.0 cm³/mol. The van der Waals surface area contributed by atoms with Crippen LogP contribution in [-0.4, -0.2) is 6.54 Å². The summed E-state index contributed by atoms with van der Waals surface area (Å²) in [5.41, 5.74) is 4.71. The fourth-order valence-electron chi connectivity index (χ4n) is 1.58. The topological polar surface area (TPSA) is 26.0 Å². The van der Waals surface area contributed by atoms with Crippen LogP contribution >= 0.6 is 0 Å². The van der Waals surface area contributed by atoms with E-state index in [2.05, 4.69) is 0 Å². The van der Waals surface area contributed by atoms with Crippen molar-refractivity contribution in [3.63, 3.8) is 0 Å². The molecule has 96 valence electrons. The van der Waals surface area contributed by atoms with Crippen molar-refractivity contribution >= 4 is 0 Å². The van der Waals surface area contributed by atoms with Gasteiger partial charge in [0.05, 0.1) is 5.56 Å². The average molecular weight is 249 g/mol. The second-order valence-electron chi connectivity index (χ2n) is 4.24. The number of halogens is 4. The zero-order valence-corrected chi connectivity index (χ0v) is 9.68. The zero-order valence-electron chi connectivity index (χ0n) is 9.68. The Bertz CT molecular complexity index is 387. The Kier molecular flexibility index (Phi) is 4.14. The molecule has 0 spiro atoms. The van der Waals surface area contributed by atoms with Crippen LogP contribution < -0.4 is 5.73 Å². The van der Waals surface area contributed by atoms with Gasteiger partial charge in [-0.15, -0.1) is 0 Å². The van der Waals surface area contributed by atoms with E-state index in [1.807, 2.05) is 6.92 Å². The number of hydrogen-bond acceptors (Lipinski definition) is 1. The highest BCUT2D eigenvalue weighted by molar-refractivity contribution is 5.29. The molecule has 0 amide bonds. The molecule has 1 aromatic carbocycles. The van der Waals surface area contributed by atoms with Gasteiger partial charge in [0.1, 0.15) is 5.82 Å². The lowest BCUT2D eigenvalue weighted by atomic mass is 9.88. The summed E-state index contributed by atoms with van der Waals surface area (Å²) in [6.07, 6.45) is -4.66. The molecule has 1 nitrogen and oxygen atoms in total. The third-order valence-electron chi connectivity index (χ3n) is 3.05. The van der Waals surface area contributed by atoms with Crippen molar-refractivity contribution in [1.82, 2.24) is 0 Å². The van der Waals surface area contributed by atoms with E-state index < -0.39 is 17.6 Å². The van der Waals surface area contributed by atoms with Crippen LogP contribution in [0.5, 0.6) is 0 Å². The Morgan fingerprint density at radius 3 is 2.29 bits per heavy atom. The maximum atomic E-state index is 13.1. The van der Waals surface area contributed by atoms with Gasteiger partial charge in [-0.3, -0.25) is 0 Å². The van der Waals surface area contributed by atoms with Gasteiger partial charge in [-0.05, 0) is 36.1 Å². The predicted octanol–water partition coefficient (Wildman–Crippen LogP) is 3.54. The molecular weight excluding hydrogens is 234 g/mol. The van der Waals surface area contributed by atoms with E-state index in [4.69, 9.17) is 5.73 Å². The third kappa shape index (κ3) is 3.19. The van der Waals surface area contributed by atoms with E-state index in [9.17, 15) is 17.6 Å².